The highest BCUT2D eigenvalue weighted by Gasteiger charge is 2.12. The molecule has 0 bridgehead atoms. The fraction of sp³-hybridized carbons (Fsp3) is 0.500. The van der Waals surface area contributed by atoms with Crippen molar-refractivity contribution in [3.63, 3.8) is 0 Å². The normalized spacial score (nSPS) is 10.7. The lowest BCUT2D eigenvalue weighted by Gasteiger charge is -2.22. The van der Waals surface area contributed by atoms with Gasteiger partial charge in [-0.2, -0.15) is 0 Å². The zero-order valence-corrected chi connectivity index (χ0v) is 11.5. The number of nitrogens with two attached hydrogens (primary N) is 1. The standard InChI is InChI=1S/C14H23N3O/c1-4-5-10-16(2)11-14(18)17(3)13-8-6-12(15)7-9-13/h6-9H,4-5,10-11,15H2,1-3H3. The highest BCUT2D eigenvalue weighted by molar-refractivity contribution is 5.94. The molecule has 4 heteroatoms. The summed E-state index contributed by atoms with van der Waals surface area (Å²) < 4.78 is 0. The van der Waals surface area contributed by atoms with E-state index in [-0.39, 0.29) is 5.91 Å². The van der Waals surface area contributed by atoms with Crippen LogP contribution in [0, 0.1) is 0 Å². The number of carbonyl (C=O) groups excluding carboxylic acids is 1. The molecule has 0 unspecified atom stereocenters. The predicted octanol–water partition coefficient (Wildman–Crippen LogP) is 1.96. The van der Waals surface area contributed by atoms with E-state index in [1.807, 2.05) is 19.2 Å². The molecule has 1 aromatic rings. The first-order chi connectivity index (χ1) is 8.54. The van der Waals surface area contributed by atoms with E-state index in [4.69, 9.17) is 5.73 Å². The number of hydrogen-bond acceptors (Lipinski definition) is 3. The van der Waals surface area contributed by atoms with Gasteiger partial charge in [0.2, 0.25) is 5.91 Å². The minimum absolute atomic E-state index is 0.0957. The lowest BCUT2D eigenvalue weighted by molar-refractivity contribution is -0.119. The molecule has 100 valence electrons. The molecule has 18 heavy (non-hydrogen) atoms. The van der Waals surface area contributed by atoms with E-state index >= 15 is 0 Å². The zero-order chi connectivity index (χ0) is 13.5. The van der Waals surface area contributed by atoms with Crippen molar-refractivity contribution in [3.8, 4) is 0 Å². The van der Waals surface area contributed by atoms with Crippen LogP contribution in [0.3, 0.4) is 0 Å². The Morgan fingerprint density at radius 2 is 1.83 bits per heavy atom. The van der Waals surface area contributed by atoms with Gasteiger partial charge < -0.3 is 10.6 Å². The number of unbranched alkanes of at least 4 members (excludes halogenated alkanes) is 1. The highest BCUT2D eigenvalue weighted by Crippen LogP contribution is 2.14. The maximum Gasteiger partial charge on any atom is 0.240 e. The van der Waals surface area contributed by atoms with Crippen molar-refractivity contribution in [2.24, 2.45) is 0 Å². The van der Waals surface area contributed by atoms with Gasteiger partial charge in [-0.3, -0.25) is 9.69 Å². The Labute approximate surface area is 109 Å². The van der Waals surface area contributed by atoms with Crippen LogP contribution in [0.5, 0.6) is 0 Å². The molecule has 0 aliphatic heterocycles. The molecule has 0 aromatic heterocycles. The lowest BCUT2D eigenvalue weighted by atomic mass is 10.2. The maximum atomic E-state index is 12.1. The van der Waals surface area contributed by atoms with Gasteiger partial charge >= 0.3 is 0 Å². The third-order valence-corrected chi connectivity index (χ3v) is 2.95. The SMILES string of the molecule is CCCCN(C)CC(=O)N(C)c1ccc(N)cc1. The van der Waals surface area contributed by atoms with Crippen LogP contribution in [-0.4, -0.2) is 38.0 Å². The summed E-state index contributed by atoms with van der Waals surface area (Å²) in [5.41, 5.74) is 7.21. The van der Waals surface area contributed by atoms with E-state index in [9.17, 15) is 4.79 Å². The number of anilines is 2. The van der Waals surface area contributed by atoms with Crippen LogP contribution in [0.4, 0.5) is 11.4 Å². The average Bonchev–Trinajstić information content (AvgIpc) is 2.36. The van der Waals surface area contributed by atoms with Crippen LogP contribution in [0.1, 0.15) is 19.8 Å². The molecule has 4 nitrogen and oxygen atoms in total. The molecule has 0 aliphatic carbocycles. The Morgan fingerprint density at radius 1 is 1.22 bits per heavy atom. The van der Waals surface area contributed by atoms with E-state index in [2.05, 4.69) is 11.8 Å². The first kappa shape index (κ1) is 14.5. The van der Waals surface area contributed by atoms with Crippen molar-refractivity contribution >= 4 is 17.3 Å². The van der Waals surface area contributed by atoms with Crippen LogP contribution in [-0.2, 0) is 4.79 Å². The summed E-state index contributed by atoms with van der Waals surface area (Å²) in [5, 5.41) is 0. The molecule has 0 aliphatic rings. The first-order valence-corrected chi connectivity index (χ1v) is 6.35. The Hall–Kier alpha value is -1.55. The van der Waals surface area contributed by atoms with Gasteiger partial charge in [0, 0.05) is 18.4 Å². The van der Waals surface area contributed by atoms with Crippen molar-refractivity contribution in [2.75, 3.05) is 37.8 Å². The van der Waals surface area contributed by atoms with Gasteiger partial charge in [-0.1, -0.05) is 13.3 Å². The summed E-state index contributed by atoms with van der Waals surface area (Å²) >= 11 is 0. The average molecular weight is 249 g/mol. The summed E-state index contributed by atoms with van der Waals surface area (Å²) in [6, 6.07) is 7.33. The summed E-state index contributed by atoms with van der Waals surface area (Å²) in [6.45, 7) is 3.55. The predicted molar refractivity (Wildman–Crippen MR) is 76.7 cm³/mol. The molecule has 1 rings (SSSR count). The fourth-order valence-corrected chi connectivity index (χ4v) is 1.69. The molecule has 1 amide bonds. The second-order valence-electron chi connectivity index (χ2n) is 4.64. The summed E-state index contributed by atoms with van der Waals surface area (Å²) in [4.78, 5) is 15.8. The quantitative estimate of drug-likeness (QED) is 0.784. The lowest BCUT2D eigenvalue weighted by Crippen LogP contribution is -2.37. The van der Waals surface area contributed by atoms with Crippen molar-refractivity contribution in [1.29, 1.82) is 0 Å². The van der Waals surface area contributed by atoms with Gasteiger partial charge in [0.05, 0.1) is 6.54 Å². The number of benzene rings is 1. The molecule has 1 aromatic carbocycles. The molecule has 0 heterocycles. The van der Waals surface area contributed by atoms with Crippen molar-refractivity contribution in [2.45, 2.75) is 19.8 Å². The largest absolute Gasteiger partial charge is 0.399 e. The van der Waals surface area contributed by atoms with E-state index in [0.717, 1.165) is 25.1 Å². The number of hydrogen-bond donors (Lipinski definition) is 1. The van der Waals surface area contributed by atoms with E-state index in [0.29, 0.717) is 12.2 Å². The van der Waals surface area contributed by atoms with Gasteiger partial charge in [0.1, 0.15) is 0 Å². The van der Waals surface area contributed by atoms with E-state index in [1.54, 1.807) is 24.1 Å². The third kappa shape index (κ3) is 4.37. The number of amides is 1. The van der Waals surface area contributed by atoms with Crippen molar-refractivity contribution in [1.82, 2.24) is 4.90 Å². The number of nitrogen functional groups attached to an aromatic ring is 1. The second-order valence-corrected chi connectivity index (χ2v) is 4.64. The molecule has 0 spiro atoms. The molecule has 0 saturated heterocycles. The Kier molecular flexibility index (Phi) is 5.65. The highest BCUT2D eigenvalue weighted by atomic mass is 16.2. The number of nitrogens with zero attached hydrogens (tertiary/aromatic N) is 2. The molecule has 2 N–H and O–H groups in total. The Morgan fingerprint density at radius 3 is 2.39 bits per heavy atom. The smallest absolute Gasteiger partial charge is 0.240 e. The molecule has 0 radical (unpaired) electrons. The number of rotatable bonds is 6. The zero-order valence-electron chi connectivity index (χ0n) is 11.5. The second kappa shape index (κ2) is 7.01. The van der Waals surface area contributed by atoms with Crippen LogP contribution in [0.2, 0.25) is 0 Å². The molecular weight excluding hydrogens is 226 g/mol. The maximum absolute atomic E-state index is 12.1. The minimum atomic E-state index is 0.0957. The molecule has 0 saturated carbocycles. The van der Waals surface area contributed by atoms with Crippen molar-refractivity contribution < 1.29 is 4.79 Å². The van der Waals surface area contributed by atoms with Gasteiger partial charge in [0.25, 0.3) is 0 Å². The summed E-state index contributed by atoms with van der Waals surface area (Å²) in [7, 11) is 3.77. The molecular formula is C14H23N3O. The van der Waals surface area contributed by atoms with Crippen LogP contribution in [0.15, 0.2) is 24.3 Å². The van der Waals surface area contributed by atoms with Gasteiger partial charge in [-0.15, -0.1) is 0 Å². The first-order valence-electron chi connectivity index (χ1n) is 6.35. The van der Waals surface area contributed by atoms with Crippen LogP contribution in [0.25, 0.3) is 0 Å². The molecule has 0 fully saturated rings. The summed E-state index contributed by atoms with van der Waals surface area (Å²) in [5.74, 6) is 0.0957. The van der Waals surface area contributed by atoms with E-state index < -0.39 is 0 Å². The molecule has 0 atom stereocenters. The van der Waals surface area contributed by atoms with Crippen LogP contribution < -0.4 is 10.6 Å². The fourth-order valence-electron chi connectivity index (χ4n) is 1.69. The van der Waals surface area contributed by atoms with E-state index in [1.165, 1.54) is 0 Å². The number of carbonyl (C=O) groups is 1. The Bertz CT molecular complexity index is 375. The van der Waals surface area contributed by atoms with Crippen molar-refractivity contribution in [3.05, 3.63) is 24.3 Å². The third-order valence-electron chi connectivity index (χ3n) is 2.95. The van der Waals surface area contributed by atoms with Gasteiger partial charge in [-0.25, -0.2) is 0 Å². The summed E-state index contributed by atoms with van der Waals surface area (Å²) in [6.07, 6.45) is 2.27. The monoisotopic (exact) mass is 249 g/mol. The Balaban J connectivity index is 2.53. The van der Waals surface area contributed by atoms with Gasteiger partial charge in [0.15, 0.2) is 0 Å². The van der Waals surface area contributed by atoms with Crippen LogP contribution >= 0.6 is 0 Å². The van der Waals surface area contributed by atoms with Gasteiger partial charge in [-0.05, 0) is 44.3 Å². The number of likely N-dealkylation sites (N-methyl/N-ethyl adjacent to an activating group) is 2. The topological polar surface area (TPSA) is 49.6 Å². The minimum Gasteiger partial charge on any atom is -0.399 e.